The smallest absolute Gasteiger partial charge is 0.274 e. The average Bonchev–Trinajstić information content (AvgIpc) is 3.65. The molecule has 0 bridgehead atoms. The van der Waals surface area contributed by atoms with Crippen LogP contribution in [0.15, 0.2) is 59.6 Å². The van der Waals surface area contributed by atoms with Gasteiger partial charge in [0, 0.05) is 28.6 Å². The highest BCUT2D eigenvalue weighted by Gasteiger charge is 2.42. The lowest BCUT2D eigenvalue weighted by Crippen LogP contribution is -2.31. The maximum absolute atomic E-state index is 13.2. The number of hydrogen-bond acceptors (Lipinski definition) is 5. The van der Waals surface area contributed by atoms with E-state index >= 15 is 0 Å². The Labute approximate surface area is 213 Å². The van der Waals surface area contributed by atoms with E-state index in [9.17, 15) is 28.0 Å². The zero-order chi connectivity index (χ0) is 25.6. The van der Waals surface area contributed by atoms with Crippen molar-refractivity contribution in [2.24, 2.45) is 0 Å². The number of imide groups is 1. The number of benzene rings is 2. The fraction of sp³-hybridized carbons (Fsp3) is 0.231. The molecule has 5 nitrogen and oxygen atoms in total. The Kier molecular flexibility index (Phi) is 6.27. The molecule has 1 saturated carbocycles. The Morgan fingerprint density at radius 3 is 2.44 bits per heavy atom. The predicted molar refractivity (Wildman–Crippen MR) is 130 cm³/mol. The zero-order valence-electron chi connectivity index (χ0n) is 18.6. The van der Waals surface area contributed by atoms with Crippen molar-refractivity contribution in [3.8, 4) is 17.2 Å². The predicted octanol–water partition coefficient (Wildman–Crippen LogP) is 6.59. The summed E-state index contributed by atoms with van der Waals surface area (Å²) in [5, 5.41) is 9.95. The first kappa shape index (κ1) is 24.3. The first-order valence-electron chi connectivity index (χ1n) is 11.1. The van der Waals surface area contributed by atoms with E-state index < -0.39 is 28.8 Å². The van der Waals surface area contributed by atoms with Crippen molar-refractivity contribution in [2.75, 3.05) is 4.90 Å². The molecular formula is C26H17ClF3N3O2S. The SMILES string of the molecule is N#Cc1c(-c2ccc(Cl)cc2)cc(C2CC2)nc1SC1CC(=O)N(c2cccc(C(F)(F)F)c2)C1=O. The summed E-state index contributed by atoms with van der Waals surface area (Å²) in [6.07, 6.45) is -2.89. The van der Waals surface area contributed by atoms with Gasteiger partial charge in [-0.2, -0.15) is 18.4 Å². The van der Waals surface area contributed by atoms with Crippen molar-refractivity contribution in [2.45, 2.75) is 41.6 Å². The molecule has 182 valence electrons. The summed E-state index contributed by atoms with van der Waals surface area (Å²) in [5.41, 5.74) is 1.40. The number of anilines is 1. The number of alkyl halides is 3. The van der Waals surface area contributed by atoms with E-state index in [-0.39, 0.29) is 23.6 Å². The van der Waals surface area contributed by atoms with Crippen molar-refractivity contribution in [1.82, 2.24) is 4.98 Å². The highest BCUT2D eigenvalue weighted by Crippen LogP contribution is 2.44. The van der Waals surface area contributed by atoms with E-state index in [2.05, 4.69) is 11.1 Å². The van der Waals surface area contributed by atoms with Crippen molar-refractivity contribution in [1.29, 1.82) is 5.26 Å². The normalized spacial score (nSPS) is 18.0. The number of hydrogen-bond donors (Lipinski definition) is 0. The van der Waals surface area contributed by atoms with Gasteiger partial charge in [0.05, 0.1) is 22.1 Å². The van der Waals surface area contributed by atoms with Gasteiger partial charge in [0.2, 0.25) is 11.8 Å². The first-order valence-corrected chi connectivity index (χ1v) is 12.3. The largest absolute Gasteiger partial charge is 0.416 e. The molecular weight excluding hydrogens is 511 g/mol. The Morgan fingerprint density at radius 1 is 1.08 bits per heavy atom. The number of carbonyl (C=O) groups excluding carboxylic acids is 2. The minimum Gasteiger partial charge on any atom is -0.274 e. The molecule has 5 rings (SSSR count). The van der Waals surface area contributed by atoms with Gasteiger partial charge in [-0.15, -0.1) is 0 Å². The number of thioether (sulfide) groups is 1. The van der Waals surface area contributed by atoms with Gasteiger partial charge < -0.3 is 0 Å². The van der Waals surface area contributed by atoms with Crippen LogP contribution in [0.25, 0.3) is 11.1 Å². The molecule has 1 atom stereocenters. The lowest BCUT2D eigenvalue weighted by Gasteiger charge is -2.17. The quantitative estimate of drug-likeness (QED) is 0.350. The van der Waals surface area contributed by atoms with Crippen LogP contribution in [0, 0.1) is 11.3 Å². The fourth-order valence-electron chi connectivity index (χ4n) is 4.10. The summed E-state index contributed by atoms with van der Waals surface area (Å²) < 4.78 is 39.5. The van der Waals surface area contributed by atoms with Crippen molar-refractivity contribution in [3.63, 3.8) is 0 Å². The minimum absolute atomic E-state index is 0.134. The van der Waals surface area contributed by atoms with Gasteiger partial charge in [0.15, 0.2) is 0 Å². The fourth-order valence-corrected chi connectivity index (χ4v) is 5.36. The van der Waals surface area contributed by atoms with Crippen LogP contribution in [0.2, 0.25) is 5.02 Å². The summed E-state index contributed by atoms with van der Waals surface area (Å²) in [7, 11) is 0. The van der Waals surface area contributed by atoms with Crippen molar-refractivity contribution < 1.29 is 22.8 Å². The van der Waals surface area contributed by atoms with Crippen molar-refractivity contribution >= 4 is 40.9 Å². The van der Waals surface area contributed by atoms with Crippen LogP contribution in [0.4, 0.5) is 18.9 Å². The molecule has 0 spiro atoms. The van der Waals surface area contributed by atoms with E-state index in [4.69, 9.17) is 11.6 Å². The highest BCUT2D eigenvalue weighted by atomic mass is 35.5. The van der Waals surface area contributed by atoms with Gasteiger partial charge in [-0.3, -0.25) is 9.59 Å². The summed E-state index contributed by atoms with van der Waals surface area (Å²) in [4.78, 5) is 31.3. The maximum atomic E-state index is 13.2. The van der Waals surface area contributed by atoms with Gasteiger partial charge in [-0.25, -0.2) is 9.88 Å². The molecule has 10 heteroatoms. The lowest BCUT2D eigenvalue weighted by molar-refractivity contribution is -0.137. The molecule has 1 unspecified atom stereocenters. The van der Waals surface area contributed by atoms with Crippen LogP contribution < -0.4 is 4.90 Å². The standard InChI is InChI=1S/C26H17ClF3N3O2S/c27-17-8-6-14(7-9-17)19-11-21(15-4-5-15)32-24(20(19)13-31)36-22-12-23(34)33(25(22)35)18-3-1-2-16(10-18)26(28,29)30/h1-3,6-11,15,22H,4-5,12H2. The third-order valence-electron chi connectivity index (χ3n) is 6.06. The molecule has 3 aromatic rings. The molecule has 2 fully saturated rings. The van der Waals surface area contributed by atoms with Crippen LogP contribution in [0.5, 0.6) is 0 Å². The van der Waals surface area contributed by atoms with E-state index in [0.29, 0.717) is 15.6 Å². The highest BCUT2D eigenvalue weighted by molar-refractivity contribution is 8.00. The lowest BCUT2D eigenvalue weighted by atomic mass is 10.0. The Bertz CT molecular complexity index is 1420. The third kappa shape index (κ3) is 4.71. The summed E-state index contributed by atoms with van der Waals surface area (Å²) in [6.45, 7) is 0. The number of rotatable bonds is 5. The third-order valence-corrected chi connectivity index (χ3v) is 7.48. The molecule has 0 radical (unpaired) electrons. The van der Waals surface area contributed by atoms with Gasteiger partial charge in [0.1, 0.15) is 11.1 Å². The average molecular weight is 528 g/mol. The molecule has 1 aromatic heterocycles. The molecule has 2 aromatic carbocycles. The van der Waals surface area contributed by atoms with Gasteiger partial charge in [-0.05, 0) is 54.8 Å². The molecule has 2 amide bonds. The maximum Gasteiger partial charge on any atom is 0.416 e. The molecule has 1 aliphatic heterocycles. The Balaban J connectivity index is 1.49. The van der Waals surface area contributed by atoms with E-state index in [1.54, 1.807) is 24.3 Å². The molecule has 36 heavy (non-hydrogen) atoms. The second-order valence-electron chi connectivity index (χ2n) is 8.59. The monoisotopic (exact) mass is 527 g/mol. The van der Waals surface area contributed by atoms with Crippen LogP contribution in [0.3, 0.4) is 0 Å². The van der Waals surface area contributed by atoms with E-state index in [1.807, 2.05) is 6.07 Å². The molecule has 2 heterocycles. The topological polar surface area (TPSA) is 74.1 Å². The number of carbonyl (C=O) groups is 2. The molecule has 0 N–H and O–H groups in total. The second-order valence-corrected chi connectivity index (χ2v) is 10.2. The number of halogens is 4. The summed E-state index contributed by atoms with van der Waals surface area (Å²) in [5.74, 6) is -0.989. The molecule has 1 saturated heterocycles. The molecule has 2 aliphatic rings. The summed E-state index contributed by atoms with van der Waals surface area (Å²) in [6, 6.07) is 15.2. The van der Waals surface area contributed by atoms with E-state index in [1.165, 1.54) is 6.07 Å². The van der Waals surface area contributed by atoms with Crippen LogP contribution in [-0.4, -0.2) is 22.0 Å². The van der Waals surface area contributed by atoms with Crippen molar-refractivity contribution in [3.05, 3.63) is 76.4 Å². The second kappa shape index (κ2) is 9.26. The minimum atomic E-state index is -4.61. The van der Waals surface area contributed by atoms with Crippen LogP contribution in [0.1, 0.15) is 42.0 Å². The van der Waals surface area contributed by atoms with E-state index in [0.717, 1.165) is 59.0 Å². The number of amides is 2. The van der Waals surface area contributed by atoms with Gasteiger partial charge >= 0.3 is 6.18 Å². The first-order chi connectivity index (χ1) is 17.2. The van der Waals surface area contributed by atoms with Gasteiger partial charge in [-0.1, -0.05) is 41.6 Å². The summed E-state index contributed by atoms with van der Waals surface area (Å²) >= 11 is 7.02. The van der Waals surface area contributed by atoms with Crippen LogP contribution >= 0.6 is 23.4 Å². The van der Waals surface area contributed by atoms with Crippen LogP contribution in [-0.2, 0) is 15.8 Å². The molecule has 1 aliphatic carbocycles. The number of pyridine rings is 1. The van der Waals surface area contributed by atoms with Gasteiger partial charge in [0.25, 0.3) is 0 Å². The zero-order valence-corrected chi connectivity index (χ0v) is 20.1. The Hall–Kier alpha value is -3.35. The number of nitriles is 1. The number of nitrogens with zero attached hydrogens (tertiary/aromatic N) is 3. The Morgan fingerprint density at radius 2 is 1.81 bits per heavy atom. The number of aromatic nitrogens is 1.